The maximum absolute atomic E-state index is 2.39. The Bertz CT molecular complexity index is 3500. The van der Waals surface area contributed by atoms with Crippen LogP contribution in [0.15, 0.2) is 243 Å². The molecule has 0 aliphatic carbocycles. The van der Waals surface area contributed by atoms with Gasteiger partial charge in [-0.25, -0.2) is 0 Å². The summed E-state index contributed by atoms with van der Waals surface area (Å²) in [5.74, 6) is 0. The quantitative estimate of drug-likeness (QED) is 0.152. The maximum Gasteiger partial charge on any atom is 0.0541 e. The number of hydrogen-bond donors (Lipinski definition) is 0. The van der Waals surface area contributed by atoms with E-state index in [9.17, 15) is 0 Å². The molecule has 0 aliphatic rings. The molecule has 0 saturated carbocycles. The zero-order valence-electron chi connectivity index (χ0n) is 34.0. The second-order valence-corrected chi connectivity index (χ2v) is 16.1. The summed E-state index contributed by atoms with van der Waals surface area (Å²) in [5, 5.41) is 5.06. The lowest BCUT2D eigenvalue weighted by molar-refractivity contribution is 1.18. The zero-order valence-corrected chi connectivity index (χ0v) is 34.0. The minimum absolute atomic E-state index is 1.14. The van der Waals surface area contributed by atoms with E-state index in [0.717, 1.165) is 11.4 Å². The van der Waals surface area contributed by atoms with Crippen molar-refractivity contribution in [1.82, 2.24) is 9.13 Å². The van der Waals surface area contributed by atoms with Crippen LogP contribution < -0.4 is 0 Å². The highest BCUT2D eigenvalue weighted by Gasteiger charge is 2.16. The van der Waals surface area contributed by atoms with E-state index in [1.807, 2.05) is 0 Å². The molecule has 10 aromatic carbocycles. The number of aromatic nitrogens is 2. The van der Waals surface area contributed by atoms with E-state index in [4.69, 9.17) is 0 Å². The van der Waals surface area contributed by atoms with Gasteiger partial charge in [0.15, 0.2) is 0 Å². The monoisotopic (exact) mass is 788 g/mol. The van der Waals surface area contributed by atoms with Gasteiger partial charge in [-0.1, -0.05) is 176 Å². The van der Waals surface area contributed by atoms with Gasteiger partial charge in [-0.05, 0) is 122 Å². The fraction of sp³-hybridized carbons (Fsp3) is 0. The van der Waals surface area contributed by atoms with Gasteiger partial charge in [-0.15, -0.1) is 0 Å². The Morgan fingerprint density at radius 3 is 0.952 bits per heavy atom. The van der Waals surface area contributed by atoms with Gasteiger partial charge >= 0.3 is 0 Å². The molecule has 2 nitrogen and oxygen atoms in total. The predicted molar refractivity (Wildman–Crippen MR) is 262 cm³/mol. The molecule has 0 radical (unpaired) electrons. The van der Waals surface area contributed by atoms with Crippen LogP contribution in [0.2, 0.25) is 0 Å². The number of benzene rings is 10. The molecule has 0 N–H and O–H groups in total. The minimum atomic E-state index is 1.14. The van der Waals surface area contributed by atoms with Gasteiger partial charge < -0.3 is 9.13 Å². The smallest absolute Gasteiger partial charge is 0.0541 e. The molecule has 12 aromatic rings. The molecule has 0 fully saturated rings. The molecule has 2 heterocycles. The van der Waals surface area contributed by atoms with Gasteiger partial charge in [-0.3, -0.25) is 0 Å². The van der Waals surface area contributed by atoms with Crippen LogP contribution in [0.25, 0.3) is 111 Å². The van der Waals surface area contributed by atoms with E-state index < -0.39 is 0 Å². The predicted octanol–water partition coefficient (Wildman–Crippen LogP) is 16.2. The normalized spacial score (nSPS) is 11.5. The number of rotatable bonds is 7. The highest BCUT2D eigenvalue weighted by Crippen LogP contribution is 2.40. The van der Waals surface area contributed by atoms with E-state index in [2.05, 4.69) is 252 Å². The van der Waals surface area contributed by atoms with Crippen molar-refractivity contribution in [3.63, 3.8) is 0 Å². The topological polar surface area (TPSA) is 9.86 Å². The average molecular weight is 789 g/mol. The molecule has 0 bridgehead atoms. The van der Waals surface area contributed by atoms with Crippen LogP contribution in [0, 0.1) is 0 Å². The molecular formula is C60H40N2. The first kappa shape index (κ1) is 35.7. The largest absolute Gasteiger partial charge is 0.309 e. The third-order valence-electron chi connectivity index (χ3n) is 12.6. The van der Waals surface area contributed by atoms with Crippen LogP contribution in [0.3, 0.4) is 0 Å². The average Bonchev–Trinajstić information content (AvgIpc) is 3.87. The molecule has 0 saturated heterocycles. The molecule has 12 rings (SSSR count). The summed E-state index contributed by atoms with van der Waals surface area (Å²) in [6, 6.07) is 88.4. The van der Waals surface area contributed by atoms with E-state index in [-0.39, 0.29) is 0 Å². The molecule has 0 atom stereocenters. The van der Waals surface area contributed by atoms with Gasteiger partial charge in [0.1, 0.15) is 0 Å². The second-order valence-electron chi connectivity index (χ2n) is 16.1. The lowest BCUT2D eigenvalue weighted by Crippen LogP contribution is -1.95. The third-order valence-corrected chi connectivity index (χ3v) is 12.6. The van der Waals surface area contributed by atoms with Crippen LogP contribution in [-0.4, -0.2) is 9.13 Å². The van der Waals surface area contributed by atoms with Gasteiger partial charge in [0.05, 0.1) is 22.1 Å². The summed E-state index contributed by atoms with van der Waals surface area (Å²) < 4.78 is 4.77. The van der Waals surface area contributed by atoms with Crippen LogP contribution in [0.5, 0.6) is 0 Å². The highest BCUT2D eigenvalue weighted by atomic mass is 15.0. The van der Waals surface area contributed by atoms with Gasteiger partial charge in [0.25, 0.3) is 0 Å². The van der Waals surface area contributed by atoms with Gasteiger partial charge in [-0.2, -0.15) is 0 Å². The fourth-order valence-corrected chi connectivity index (χ4v) is 9.58. The third kappa shape index (κ3) is 6.04. The van der Waals surface area contributed by atoms with Gasteiger partial charge in [0.2, 0.25) is 0 Å². The molecule has 2 heteroatoms. The Kier molecular flexibility index (Phi) is 8.53. The lowest BCUT2D eigenvalue weighted by Gasteiger charge is -2.16. The summed E-state index contributed by atoms with van der Waals surface area (Å²) in [4.78, 5) is 0. The van der Waals surface area contributed by atoms with E-state index in [1.165, 1.54) is 99.2 Å². The van der Waals surface area contributed by atoms with Crippen LogP contribution in [0.1, 0.15) is 0 Å². The number of para-hydroxylation sites is 4. The molecule has 2 aromatic heterocycles. The Morgan fingerprint density at radius 1 is 0.194 bits per heavy atom. The fourth-order valence-electron chi connectivity index (χ4n) is 9.58. The standard InChI is InChI=1S/C60H40N2/c1-2-14-41(15-3-1)44-16-12-17-45(38-44)46-18-13-19-47(39-46)48-32-37-51(42-28-33-49(34-29-42)61-57-24-8-4-20-52(57)53-21-5-9-25-58(53)61)56(40-48)43-30-35-50(36-31-43)62-59-26-10-6-22-54(59)55-23-7-11-27-60(55)62/h1-40H. The van der Waals surface area contributed by atoms with Crippen molar-refractivity contribution >= 4 is 43.6 Å². The van der Waals surface area contributed by atoms with Gasteiger partial charge in [0, 0.05) is 32.9 Å². The summed E-state index contributed by atoms with van der Waals surface area (Å²) in [5.41, 5.74) is 19.1. The zero-order chi connectivity index (χ0) is 41.0. The van der Waals surface area contributed by atoms with Crippen molar-refractivity contribution in [2.75, 3.05) is 0 Å². The Balaban J connectivity index is 0.976. The van der Waals surface area contributed by atoms with Crippen LogP contribution in [0.4, 0.5) is 0 Å². The first-order chi connectivity index (χ1) is 30.7. The SMILES string of the molecule is c1ccc(-c2cccc(-c3cccc(-c4ccc(-c5ccc(-n6c7ccccc7c7ccccc76)cc5)c(-c5ccc(-n6c7ccccc7c7ccccc76)cc5)c4)c3)c2)cc1. The van der Waals surface area contributed by atoms with Crippen molar-refractivity contribution in [2.24, 2.45) is 0 Å². The molecule has 62 heavy (non-hydrogen) atoms. The molecule has 0 spiro atoms. The summed E-state index contributed by atoms with van der Waals surface area (Å²) in [6.07, 6.45) is 0. The lowest BCUT2D eigenvalue weighted by atomic mass is 9.90. The molecule has 0 aliphatic heterocycles. The Hall–Kier alpha value is -8.20. The van der Waals surface area contributed by atoms with E-state index in [0.29, 0.717) is 0 Å². The Morgan fingerprint density at radius 2 is 0.516 bits per heavy atom. The number of nitrogens with zero attached hydrogens (tertiary/aromatic N) is 2. The molecule has 290 valence electrons. The van der Waals surface area contributed by atoms with Crippen molar-refractivity contribution in [1.29, 1.82) is 0 Å². The van der Waals surface area contributed by atoms with Crippen molar-refractivity contribution in [2.45, 2.75) is 0 Å². The van der Waals surface area contributed by atoms with Crippen molar-refractivity contribution in [3.8, 4) is 67.0 Å². The summed E-state index contributed by atoms with van der Waals surface area (Å²) in [7, 11) is 0. The number of fused-ring (bicyclic) bond motifs is 6. The molecular weight excluding hydrogens is 749 g/mol. The van der Waals surface area contributed by atoms with Crippen molar-refractivity contribution in [3.05, 3.63) is 243 Å². The highest BCUT2D eigenvalue weighted by molar-refractivity contribution is 6.10. The summed E-state index contributed by atoms with van der Waals surface area (Å²) in [6.45, 7) is 0. The minimum Gasteiger partial charge on any atom is -0.309 e. The van der Waals surface area contributed by atoms with E-state index >= 15 is 0 Å². The van der Waals surface area contributed by atoms with E-state index in [1.54, 1.807) is 0 Å². The van der Waals surface area contributed by atoms with Crippen LogP contribution in [-0.2, 0) is 0 Å². The van der Waals surface area contributed by atoms with Crippen LogP contribution >= 0.6 is 0 Å². The van der Waals surface area contributed by atoms with Crippen molar-refractivity contribution < 1.29 is 0 Å². The first-order valence-electron chi connectivity index (χ1n) is 21.3. The first-order valence-corrected chi connectivity index (χ1v) is 21.3. The number of hydrogen-bond acceptors (Lipinski definition) is 0. The Labute approximate surface area is 360 Å². The molecule has 0 unspecified atom stereocenters. The maximum atomic E-state index is 2.39. The molecule has 0 amide bonds. The summed E-state index contributed by atoms with van der Waals surface area (Å²) >= 11 is 0. The second kappa shape index (κ2) is 14.8.